The van der Waals surface area contributed by atoms with Gasteiger partial charge in [-0.2, -0.15) is 5.92 Å². The predicted octanol–water partition coefficient (Wildman–Crippen LogP) is -2.77. The Morgan fingerprint density at radius 2 is 2.27 bits per heavy atom. The molecule has 1 aliphatic heterocycles. The predicted molar refractivity (Wildman–Crippen MR) is 37.5 cm³/mol. The average Bonchev–Trinajstić information content (AvgIpc) is 2.10. The first-order valence-electron chi connectivity index (χ1n) is 3.39. The van der Waals surface area contributed by atoms with Crippen molar-refractivity contribution in [3.8, 4) is 0 Å². The van der Waals surface area contributed by atoms with Crippen molar-refractivity contribution >= 4 is 5.97 Å². The molecule has 1 fully saturated rings. The van der Waals surface area contributed by atoms with Crippen LogP contribution in [0.5, 0.6) is 0 Å². The normalized spacial score (nSPS) is 31.5. The van der Waals surface area contributed by atoms with Gasteiger partial charge in [0.25, 0.3) is 5.97 Å². The third-order valence-electron chi connectivity index (χ3n) is 1.81. The van der Waals surface area contributed by atoms with Crippen molar-refractivity contribution < 1.29 is 68.1 Å². The number of likely N-dealkylation sites (N-methyl/N-ethyl adjacent to an activating group) is 1. The summed E-state index contributed by atoms with van der Waals surface area (Å²) >= 11 is 0. The Morgan fingerprint density at radius 1 is 1.73 bits per heavy atom. The second-order valence-corrected chi connectivity index (χ2v) is 2.89. The van der Waals surface area contributed by atoms with Crippen LogP contribution in [0.3, 0.4) is 0 Å². The first-order valence-corrected chi connectivity index (χ1v) is 3.39. The summed E-state index contributed by atoms with van der Waals surface area (Å²) in [5.74, 6) is -0.335. The van der Waals surface area contributed by atoms with Crippen LogP contribution in [0.1, 0.15) is 6.92 Å². The molecule has 0 bridgehead atoms. The minimum absolute atomic E-state index is 0. The summed E-state index contributed by atoms with van der Waals surface area (Å²) < 4.78 is 0. The first-order chi connectivity index (χ1) is 4.61. The molecule has 3 nitrogen and oxygen atoms in total. The quantitative estimate of drug-likeness (QED) is 0.493. The second kappa shape index (κ2) is 5.07. The molecule has 58 valence electrons. The third kappa shape index (κ3) is 3.23. The van der Waals surface area contributed by atoms with Gasteiger partial charge in [0.1, 0.15) is 0 Å². The number of aliphatic carboxylic acids is 1. The van der Waals surface area contributed by atoms with Crippen LogP contribution in [-0.4, -0.2) is 35.6 Å². The molecule has 2 atom stereocenters. The average molecular weight is 228 g/mol. The molecule has 0 saturated carbocycles. The maximum absolute atomic E-state index is 10.5. The van der Waals surface area contributed by atoms with Gasteiger partial charge in [-0.25, -0.2) is 0 Å². The fourth-order valence-electron chi connectivity index (χ4n) is 1.36. The van der Waals surface area contributed by atoms with Crippen LogP contribution in [0.2, 0.25) is 0 Å². The summed E-state index contributed by atoms with van der Waals surface area (Å²) in [5, 5.41) is 8.63. The van der Waals surface area contributed by atoms with E-state index in [1.807, 2.05) is 25.3 Å². The number of rotatable bonds is 1. The molecule has 0 aromatic carbocycles. The van der Waals surface area contributed by atoms with Crippen molar-refractivity contribution in [2.75, 3.05) is 13.6 Å². The van der Waals surface area contributed by atoms with E-state index >= 15 is 0 Å². The van der Waals surface area contributed by atoms with Crippen LogP contribution in [0, 0.1) is 12.3 Å². The largest absolute Gasteiger partial charge is 1.00 e. The zero-order chi connectivity index (χ0) is 7.72. The number of hydrogen-bond acceptors (Lipinski definition) is 2. The Morgan fingerprint density at radius 3 is 2.45 bits per heavy atom. The molecule has 0 aromatic heterocycles. The Balaban J connectivity index is 0.000001000. The minimum Gasteiger partial charge on any atom is -0.482 e. The van der Waals surface area contributed by atoms with Crippen molar-refractivity contribution in [1.82, 2.24) is 4.90 Å². The Bertz CT molecular complexity index is 151. The van der Waals surface area contributed by atoms with Crippen molar-refractivity contribution in [3.63, 3.8) is 0 Å². The molecule has 1 heterocycles. The van der Waals surface area contributed by atoms with E-state index in [1.165, 1.54) is 0 Å². The number of carboxylic acids is 1. The van der Waals surface area contributed by atoms with Crippen molar-refractivity contribution in [3.05, 3.63) is 6.42 Å². The molecule has 0 amide bonds. The Hall–Kier alpha value is 1.24. The van der Waals surface area contributed by atoms with Crippen LogP contribution >= 0.6 is 0 Å². The van der Waals surface area contributed by atoms with Crippen LogP contribution in [0.4, 0.5) is 0 Å². The van der Waals surface area contributed by atoms with Gasteiger partial charge >= 0.3 is 58.2 Å². The van der Waals surface area contributed by atoms with Crippen molar-refractivity contribution in [2.45, 2.75) is 13.0 Å². The van der Waals surface area contributed by atoms with Gasteiger partial charge in [0.05, 0.1) is 0 Å². The topological polar surface area (TPSA) is 40.5 Å². The maximum atomic E-state index is 10.5. The number of nitrogens with zero attached hydrogens (tertiary/aromatic N) is 1. The van der Waals surface area contributed by atoms with E-state index in [-0.39, 0.29) is 64.2 Å². The van der Waals surface area contributed by atoms with Gasteiger partial charge in [-0.1, -0.05) is 6.92 Å². The molecule has 0 radical (unpaired) electrons. The van der Waals surface area contributed by atoms with E-state index < -0.39 is 5.97 Å². The number of carboxylic acid groups (broad SMARTS) is 1. The zero-order valence-electron chi connectivity index (χ0n) is 7.24. The number of likely N-dealkylation sites (tertiary alicyclic amines) is 1. The molecule has 0 aromatic rings. The summed E-state index contributed by atoms with van der Waals surface area (Å²) in [6.45, 7) is 2.89. The molecule has 0 aliphatic carbocycles. The van der Waals surface area contributed by atoms with Crippen LogP contribution in [0.15, 0.2) is 0 Å². The maximum Gasteiger partial charge on any atom is 1.00 e. The minimum atomic E-state index is -0.744. The van der Waals surface area contributed by atoms with Crippen LogP contribution < -0.4 is 58.2 Å². The summed E-state index contributed by atoms with van der Waals surface area (Å²) in [5.41, 5.74) is 0. The molecule has 1 saturated heterocycles. The Kier molecular flexibility index (Phi) is 5.64. The van der Waals surface area contributed by atoms with E-state index in [4.69, 9.17) is 5.11 Å². The molecule has 1 rings (SSSR count). The molecular weight excluding hydrogens is 216 g/mol. The SMILES string of the molecule is C[C@H]1[CH-][C@@H](C(=O)O)N(C)C1.[Rb+]. The summed E-state index contributed by atoms with van der Waals surface area (Å²) in [4.78, 5) is 12.3. The van der Waals surface area contributed by atoms with E-state index in [2.05, 4.69) is 0 Å². The summed E-state index contributed by atoms with van der Waals surface area (Å²) in [6.07, 6.45) is 1.86. The number of hydrogen-bond donors (Lipinski definition) is 1. The fourth-order valence-corrected chi connectivity index (χ4v) is 1.36. The van der Waals surface area contributed by atoms with Crippen molar-refractivity contribution in [2.24, 2.45) is 5.92 Å². The van der Waals surface area contributed by atoms with Gasteiger partial charge < -0.3 is 10.0 Å². The molecule has 11 heavy (non-hydrogen) atoms. The van der Waals surface area contributed by atoms with Gasteiger partial charge in [-0.15, -0.1) is 0 Å². The van der Waals surface area contributed by atoms with E-state index in [0.29, 0.717) is 5.92 Å². The molecule has 0 spiro atoms. The smallest absolute Gasteiger partial charge is 0.482 e. The molecule has 1 N–H and O–H groups in total. The second-order valence-electron chi connectivity index (χ2n) is 2.89. The molecule has 4 heteroatoms. The standard InChI is InChI=1S/C7H12NO2.Rb/c1-5-3-6(7(9)10)8(2)4-5;/h3,5-6H,4H2,1-2H3,(H,9,10);/q-1;+1/t5-,6-;/m0./s1. The number of carbonyl (C=O) groups is 1. The zero-order valence-corrected chi connectivity index (χ0v) is 12.2. The van der Waals surface area contributed by atoms with Crippen LogP contribution in [-0.2, 0) is 4.79 Å². The molecular formula is C7H12NO2Rb. The third-order valence-corrected chi connectivity index (χ3v) is 1.81. The fraction of sp³-hybridized carbons (Fsp3) is 0.714. The monoisotopic (exact) mass is 227 g/mol. The summed E-state index contributed by atoms with van der Waals surface area (Å²) in [6, 6.07) is -0.366. The van der Waals surface area contributed by atoms with Gasteiger partial charge in [0.15, 0.2) is 0 Å². The van der Waals surface area contributed by atoms with E-state index in [9.17, 15) is 4.79 Å². The molecule has 1 aliphatic rings. The summed E-state index contributed by atoms with van der Waals surface area (Å²) in [7, 11) is 1.83. The first kappa shape index (κ1) is 12.2. The van der Waals surface area contributed by atoms with Crippen LogP contribution in [0.25, 0.3) is 0 Å². The van der Waals surface area contributed by atoms with Gasteiger partial charge in [-0.3, -0.25) is 11.2 Å². The van der Waals surface area contributed by atoms with Gasteiger partial charge in [0, 0.05) is 0 Å². The van der Waals surface area contributed by atoms with Crippen molar-refractivity contribution in [1.29, 1.82) is 0 Å². The van der Waals surface area contributed by atoms with E-state index in [1.54, 1.807) is 0 Å². The van der Waals surface area contributed by atoms with Gasteiger partial charge in [0.2, 0.25) is 0 Å². The van der Waals surface area contributed by atoms with Gasteiger partial charge in [-0.05, 0) is 19.6 Å². The van der Waals surface area contributed by atoms with E-state index in [0.717, 1.165) is 6.54 Å². The molecule has 0 unspecified atom stereocenters. The Labute approximate surface area is 116 Å².